The number of rotatable bonds is 3. The van der Waals surface area contributed by atoms with Gasteiger partial charge in [0.05, 0.1) is 13.0 Å². The Bertz CT molecular complexity index is 470. The van der Waals surface area contributed by atoms with Crippen molar-refractivity contribution in [2.75, 3.05) is 25.1 Å². The predicted octanol–water partition coefficient (Wildman–Crippen LogP) is 2.63. The molecule has 1 saturated heterocycles. The van der Waals surface area contributed by atoms with Gasteiger partial charge in [-0.2, -0.15) is 0 Å². The first-order valence-electron chi connectivity index (χ1n) is 6.56. The van der Waals surface area contributed by atoms with Crippen molar-refractivity contribution in [2.24, 2.45) is 11.3 Å². The SMILES string of the molecule is COc1cccc(N2CCC(C)(C)C(C(=O)O)C2)c1. The molecule has 0 spiro atoms. The van der Waals surface area contributed by atoms with Crippen LogP contribution in [0.15, 0.2) is 24.3 Å². The van der Waals surface area contributed by atoms with Crippen molar-refractivity contribution in [3.05, 3.63) is 24.3 Å². The van der Waals surface area contributed by atoms with E-state index in [-0.39, 0.29) is 11.3 Å². The summed E-state index contributed by atoms with van der Waals surface area (Å²) in [6, 6.07) is 7.78. The number of aliphatic carboxylic acids is 1. The Morgan fingerprint density at radius 2 is 2.21 bits per heavy atom. The lowest BCUT2D eigenvalue weighted by atomic mass is 9.73. The number of hydrogen-bond donors (Lipinski definition) is 1. The molecule has 104 valence electrons. The molecule has 0 radical (unpaired) electrons. The average molecular weight is 263 g/mol. The number of nitrogens with zero attached hydrogens (tertiary/aromatic N) is 1. The average Bonchev–Trinajstić information content (AvgIpc) is 2.38. The van der Waals surface area contributed by atoms with Crippen molar-refractivity contribution < 1.29 is 14.6 Å². The molecule has 0 aromatic heterocycles. The fourth-order valence-electron chi connectivity index (χ4n) is 2.61. The molecule has 1 heterocycles. The summed E-state index contributed by atoms with van der Waals surface area (Å²) in [6.07, 6.45) is 0.876. The van der Waals surface area contributed by atoms with Gasteiger partial charge in [-0.15, -0.1) is 0 Å². The van der Waals surface area contributed by atoms with E-state index >= 15 is 0 Å². The van der Waals surface area contributed by atoms with E-state index in [1.165, 1.54) is 0 Å². The molecule has 2 rings (SSSR count). The first-order chi connectivity index (χ1) is 8.94. The lowest BCUT2D eigenvalue weighted by Gasteiger charge is -2.42. The van der Waals surface area contributed by atoms with E-state index in [1.54, 1.807) is 7.11 Å². The minimum Gasteiger partial charge on any atom is -0.497 e. The number of ether oxygens (including phenoxy) is 1. The Kier molecular flexibility index (Phi) is 3.69. The van der Waals surface area contributed by atoms with Crippen LogP contribution in [-0.4, -0.2) is 31.3 Å². The second kappa shape index (κ2) is 5.11. The highest BCUT2D eigenvalue weighted by atomic mass is 16.5. The molecule has 1 unspecified atom stereocenters. The minimum atomic E-state index is -0.711. The zero-order valence-electron chi connectivity index (χ0n) is 11.7. The molecule has 0 bridgehead atoms. The maximum Gasteiger partial charge on any atom is 0.308 e. The molecule has 1 aliphatic heterocycles. The number of carbonyl (C=O) groups is 1. The second-order valence-corrected chi connectivity index (χ2v) is 5.78. The van der Waals surface area contributed by atoms with Crippen molar-refractivity contribution in [3.8, 4) is 5.75 Å². The van der Waals surface area contributed by atoms with Gasteiger partial charge >= 0.3 is 5.97 Å². The van der Waals surface area contributed by atoms with Gasteiger partial charge in [-0.3, -0.25) is 4.79 Å². The standard InChI is InChI=1S/C15H21NO3/c1-15(2)7-8-16(10-13(15)14(17)18)11-5-4-6-12(9-11)19-3/h4-6,9,13H,7-8,10H2,1-3H3,(H,17,18). The van der Waals surface area contributed by atoms with Crippen LogP contribution in [-0.2, 0) is 4.79 Å². The molecule has 0 aliphatic carbocycles. The number of methoxy groups -OCH3 is 1. The van der Waals surface area contributed by atoms with E-state index in [2.05, 4.69) is 4.90 Å². The first-order valence-corrected chi connectivity index (χ1v) is 6.56. The molecule has 1 aromatic rings. The molecule has 19 heavy (non-hydrogen) atoms. The minimum absolute atomic E-state index is 0.152. The molecule has 1 fully saturated rings. The quantitative estimate of drug-likeness (QED) is 0.910. The number of carboxylic acids is 1. The van der Waals surface area contributed by atoms with Crippen LogP contribution in [0.5, 0.6) is 5.75 Å². The lowest BCUT2D eigenvalue weighted by molar-refractivity contribution is -0.146. The van der Waals surface area contributed by atoms with Crippen LogP contribution < -0.4 is 9.64 Å². The topological polar surface area (TPSA) is 49.8 Å². The Morgan fingerprint density at radius 1 is 1.47 bits per heavy atom. The van der Waals surface area contributed by atoms with E-state index in [0.717, 1.165) is 24.4 Å². The molecular weight excluding hydrogens is 242 g/mol. The van der Waals surface area contributed by atoms with Crippen LogP contribution >= 0.6 is 0 Å². The third-order valence-corrected chi connectivity index (χ3v) is 4.09. The van der Waals surface area contributed by atoms with E-state index in [1.807, 2.05) is 38.1 Å². The third-order valence-electron chi connectivity index (χ3n) is 4.09. The fourth-order valence-corrected chi connectivity index (χ4v) is 2.61. The second-order valence-electron chi connectivity index (χ2n) is 5.78. The Hall–Kier alpha value is -1.71. The zero-order valence-corrected chi connectivity index (χ0v) is 11.7. The zero-order chi connectivity index (χ0) is 14.0. The maximum absolute atomic E-state index is 11.4. The number of carboxylic acid groups (broad SMARTS) is 1. The Morgan fingerprint density at radius 3 is 2.84 bits per heavy atom. The summed E-state index contributed by atoms with van der Waals surface area (Å²) >= 11 is 0. The fraction of sp³-hybridized carbons (Fsp3) is 0.533. The number of benzene rings is 1. The van der Waals surface area contributed by atoms with Gasteiger partial charge in [-0.25, -0.2) is 0 Å². The van der Waals surface area contributed by atoms with Crippen LogP contribution in [0.1, 0.15) is 20.3 Å². The van der Waals surface area contributed by atoms with Crippen molar-refractivity contribution in [2.45, 2.75) is 20.3 Å². The third kappa shape index (κ3) is 2.83. The Balaban J connectivity index is 2.20. The summed E-state index contributed by atoms with van der Waals surface area (Å²) in [5, 5.41) is 9.39. The summed E-state index contributed by atoms with van der Waals surface area (Å²) in [5.41, 5.74) is 0.877. The highest BCUT2D eigenvalue weighted by Gasteiger charge is 2.40. The van der Waals surface area contributed by atoms with Crippen LogP contribution in [0, 0.1) is 11.3 Å². The summed E-state index contributed by atoms with van der Waals surface area (Å²) in [4.78, 5) is 13.6. The molecule has 1 atom stereocenters. The van der Waals surface area contributed by atoms with Crippen LogP contribution in [0.25, 0.3) is 0 Å². The highest BCUT2D eigenvalue weighted by molar-refractivity contribution is 5.72. The first kappa shape index (κ1) is 13.7. The molecule has 0 saturated carbocycles. The van der Waals surface area contributed by atoms with Gasteiger partial charge < -0.3 is 14.7 Å². The maximum atomic E-state index is 11.4. The van der Waals surface area contributed by atoms with Crippen molar-refractivity contribution in [1.82, 2.24) is 0 Å². The van der Waals surface area contributed by atoms with Gasteiger partial charge in [0.25, 0.3) is 0 Å². The van der Waals surface area contributed by atoms with E-state index in [0.29, 0.717) is 6.54 Å². The van der Waals surface area contributed by atoms with Crippen molar-refractivity contribution >= 4 is 11.7 Å². The smallest absolute Gasteiger partial charge is 0.308 e. The van der Waals surface area contributed by atoms with E-state index < -0.39 is 5.97 Å². The van der Waals surface area contributed by atoms with E-state index in [9.17, 15) is 9.90 Å². The molecule has 1 N–H and O–H groups in total. The Labute approximate surface area is 114 Å². The van der Waals surface area contributed by atoms with Gasteiger partial charge in [0, 0.05) is 24.8 Å². The van der Waals surface area contributed by atoms with Gasteiger partial charge in [-0.1, -0.05) is 19.9 Å². The lowest BCUT2D eigenvalue weighted by Crippen LogP contribution is -2.48. The van der Waals surface area contributed by atoms with Crippen LogP contribution in [0.2, 0.25) is 0 Å². The van der Waals surface area contributed by atoms with Gasteiger partial charge in [0.1, 0.15) is 5.75 Å². The summed E-state index contributed by atoms with van der Waals surface area (Å²) in [7, 11) is 1.64. The van der Waals surface area contributed by atoms with Crippen molar-refractivity contribution in [1.29, 1.82) is 0 Å². The molecular formula is C15H21NO3. The van der Waals surface area contributed by atoms with Crippen LogP contribution in [0.4, 0.5) is 5.69 Å². The van der Waals surface area contributed by atoms with E-state index in [4.69, 9.17) is 4.74 Å². The number of anilines is 1. The number of piperidine rings is 1. The molecule has 4 nitrogen and oxygen atoms in total. The largest absolute Gasteiger partial charge is 0.497 e. The molecule has 4 heteroatoms. The monoisotopic (exact) mass is 263 g/mol. The number of hydrogen-bond acceptors (Lipinski definition) is 3. The van der Waals surface area contributed by atoms with Crippen LogP contribution in [0.3, 0.4) is 0 Å². The summed E-state index contributed by atoms with van der Waals surface area (Å²) < 4.78 is 5.22. The van der Waals surface area contributed by atoms with Gasteiger partial charge in [0.15, 0.2) is 0 Å². The normalized spacial score (nSPS) is 22.1. The van der Waals surface area contributed by atoms with Gasteiger partial charge in [0.2, 0.25) is 0 Å². The van der Waals surface area contributed by atoms with Crippen molar-refractivity contribution in [3.63, 3.8) is 0 Å². The molecule has 1 aliphatic rings. The summed E-state index contributed by atoms with van der Waals surface area (Å²) in [5.74, 6) is -0.251. The summed E-state index contributed by atoms with van der Waals surface area (Å²) in [6.45, 7) is 5.50. The molecule has 1 aromatic carbocycles. The molecule has 0 amide bonds. The van der Waals surface area contributed by atoms with Gasteiger partial charge in [-0.05, 0) is 24.0 Å². The predicted molar refractivity (Wildman–Crippen MR) is 74.7 cm³/mol. The highest BCUT2D eigenvalue weighted by Crippen LogP contribution is 2.37.